The number of aliphatic hydroxyl groups is 1. The molecule has 2 unspecified atom stereocenters. The number of aliphatic hydroxyl groups excluding tert-OH is 1. The average molecular weight is 249 g/mol. The molecule has 0 aliphatic carbocycles. The van der Waals surface area contributed by atoms with Crippen LogP contribution in [0.5, 0.6) is 5.75 Å². The Morgan fingerprint density at radius 2 is 2.06 bits per heavy atom. The molecule has 0 radical (unpaired) electrons. The van der Waals surface area contributed by atoms with Gasteiger partial charge in [-0.15, -0.1) is 0 Å². The van der Waals surface area contributed by atoms with E-state index < -0.39 is 0 Å². The topological polar surface area (TPSA) is 41.5 Å². The van der Waals surface area contributed by atoms with E-state index in [1.54, 1.807) is 0 Å². The van der Waals surface area contributed by atoms with Crippen LogP contribution in [0.4, 0.5) is 0 Å². The van der Waals surface area contributed by atoms with Gasteiger partial charge in [0, 0.05) is 6.04 Å². The summed E-state index contributed by atoms with van der Waals surface area (Å²) < 4.78 is 5.65. The number of nitrogens with one attached hydrogen (secondary N) is 1. The molecule has 0 amide bonds. The van der Waals surface area contributed by atoms with Gasteiger partial charge in [0.1, 0.15) is 5.75 Å². The third-order valence-electron chi connectivity index (χ3n) is 3.44. The fourth-order valence-electron chi connectivity index (χ4n) is 2.54. The number of hydrogen-bond acceptors (Lipinski definition) is 3. The summed E-state index contributed by atoms with van der Waals surface area (Å²) in [6, 6.07) is 8.65. The molecule has 1 aliphatic rings. The number of ether oxygens (including phenoxy) is 1. The molecule has 1 aliphatic heterocycles. The highest BCUT2D eigenvalue weighted by Crippen LogP contribution is 2.29. The average Bonchev–Trinajstić information content (AvgIpc) is 2.39. The summed E-state index contributed by atoms with van der Waals surface area (Å²) in [5.41, 5.74) is 1.35. The normalized spacial score (nSPS) is 24.2. The van der Waals surface area contributed by atoms with Gasteiger partial charge in [0.2, 0.25) is 0 Å². The smallest absolute Gasteiger partial charge is 0.119 e. The Morgan fingerprint density at radius 1 is 1.33 bits per heavy atom. The van der Waals surface area contributed by atoms with Crippen molar-refractivity contribution in [2.75, 3.05) is 13.2 Å². The monoisotopic (exact) mass is 249 g/mol. The zero-order chi connectivity index (χ0) is 13.0. The number of benzene rings is 1. The molecule has 18 heavy (non-hydrogen) atoms. The molecule has 3 nitrogen and oxygen atoms in total. The van der Waals surface area contributed by atoms with Crippen LogP contribution < -0.4 is 10.1 Å². The van der Waals surface area contributed by atoms with Crippen molar-refractivity contribution < 1.29 is 9.84 Å². The minimum absolute atomic E-state index is 0.216. The first-order valence-electron chi connectivity index (χ1n) is 6.80. The molecule has 1 aromatic rings. The Hall–Kier alpha value is -1.06. The van der Waals surface area contributed by atoms with Crippen LogP contribution in [-0.2, 0) is 0 Å². The van der Waals surface area contributed by atoms with E-state index in [9.17, 15) is 5.11 Å². The molecule has 0 bridgehead atoms. The van der Waals surface area contributed by atoms with E-state index in [-0.39, 0.29) is 18.8 Å². The van der Waals surface area contributed by atoms with Crippen molar-refractivity contribution >= 4 is 0 Å². The van der Waals surface area contributed by atoms with Crippen LogP contribution in [0.25, 0.3) is 0 Å². The summed E-state index contributed by atoms with van der Waals surface area (Å²) in [6.07, 6.45) is 2.37. The van der Waals surface area contributed by atoms with Gasteiger partial charge in [-0.25, -0.2) is 0 Å². The van der Waals surface area contributed by atoms with Crippen LogP contribution in [0.3, 0.4) is 0 Å². The maximum absolute atomic E-state index is 9.22. The molecule has 100 valence electrons. The summed E-state index contributed by atoms with van der Waals surface area (Å²) in [5, 5.41) is 12.5. The van der Waals surface area contributed by atoms with Crippen molar-refractivity contribution in [2.45, 2.75) is 44.8 Å². The predicted molar refractivity (Wildman–Crippen MR) is 73.1 cm³/mol. The molecule has 0 aromatic heterocycles. The molecule has 2 N–H and O–H groups in total. The van der Waals surface area contributed by atoms with Crippen molar-refractivity contribution in [1.82, 2.24) is 5.32 Å². The van der Waals surface area contributed by atoms with Crippen molar-refractivity contribution in [3.63, 3.8) is 0 Å². The SMILES string of the molecule is CC(C)Oc1ccc(C2CCNC(CO)C2)cc1. The lowest BCUT2D eigenvalue weighted by atomic mass is 9.86. The first-order chi connectivity index (χ1) is 8.69. The first kappa shape index (κ1) is 13.4. The second kappa shape index (κ2) is 6.21. The van der Waals surface area contributed by atoms with Crippen molar-refractivity contribution in [1.29, 1.82) is 0 Å². The van der Waals surface area contributed by atoms with Gasteiger partial charge in [-0.05, 0) is 56.8 Å². The third kappa shape index (κ3) is 3.47. The highest BCUT2D eigenvalue weighted by Gasteiger charge is 2.21. The lowest BCUT2D eigenvalue weighted by Gasteiger charge is -2.29. The van der Waals surface area contributed by atoms with E-state index in [0.717, 1.165) is 25.1 Å². The van der Waals surface area contributed by atoms with Gasteiger partial charge in [-0.2, -0.15) is 0 Å². The summed E-state index contributed by atoms with van der Waals surface area (Å²) in [7, 11) is 0. The largest absolute Gasteiger partial charge is 0.491 e. The predicted octanol–water partition coefficient (Wildman–Crippen LogP) is 2.30. The molecule has 1 aromatic carbocycles. The summed E-state index contributed by atoms with van der Waals surface area (Å²) in [6.45, 7) is 5.28. The number of hydrogen-bond donors (Lipinski definition) is 2. The summed E-state index contributed by atoms with van der Waals surface area (Å²) in [4.78, 5) is 0. The molecule has 1 saturated heterocycles. The van der Waals surface area contributed by atoms with E-state index in [4.69, 9.17) is 4.74 Å². The standard InChI is InChI=1S/C15H23NO2/c1-11(2)18-15-5-3-12(4-6-15)13-7-8-16-14(9-13)10-17/h3-6,11,13-14,16-17H,7-10H2,1-2H3. The third-order valence-corrected chi connectivity index (χ3v) is 3.44. The van der Waals surface area contributed by atoms with Gasteiger partial charge >= 0.3 is 0 Å². The van der Waals surface area contributed by atoms with E-state index in [1.165, 1.54) is 5.56 Å². The minimum atomic E-state index is 0.216. The fraction of sp³-hybridized carbons (Fsp3) is 0.600. The van der Waals surface area contributed by atoms with Crippen molar-refractivity contribution in [3.05, 3.63) is 29.8 Å². The second-order valence-corrected chi connectivity index (χ2v) is 5.29. The van der Waals surface area contributed by atoms with Crippen LogP contribution in [-0.4, -0.2) is 30.4 Å². The van der Waals surface area contributed by atoms with Gasteiger partial charge in [-0.1, -0.05) is 12.1 Å². The van der Waals surface area contributed by atoms with Crippen LogP contribution in [0.1, 0.15) is 38.2 Å². The molecular weight excluding hydrogens is 226 g/mol. The molecule has 1 fully saturated rings. The molecule has 0 saturated carbocycles. The zero-order valence-corrected chi connectivity index (χ0v) is 11.2. The Kier molecular flexibility index (Phi) is 4.61. The molecule has 2 rings (SSSR count). The molecular formula is C15H23NO2. The van der Waals surface area contributed by atoms with E-state index in [0.29, 0.717) is 5.92 Å². The molecule has 2 atom stereocenters. The van der Waals surface area contributed by atoms with E-state index in [1.807, 2.05) is 26.0 Å². The second-order valence-electron chi connectivity index (χ2n) is 5.29. The van der Waals surface area contributed by atoms with Crippen molar-refractivity contribution in [3.8, 4) is 5.75 Å². The van der Waals surface area contributed by atoms with Gasteiger partial charge in [0.15, 0.2) is 0 Å². The Bertz CT molecular complexity index is 361. The van der Waals surface area contributed by atoms with Gasteiger partial charge in [0.25, 0.3) is 0 Å². The van der Waals surface area contributed by atoms with Gasteiger partial charge in [0.05, 0.1) is 12.7 Å². The fourth-order valence-corrected chi connectivity index (χ4v) is 2.54. The summed E-state index contributed by atoms with van der Waals surface area (Å²) >= 11 is 0. The van der Waals surface area contributed by atoms with Crippen LogP contribution in [0.15, 0.2) is 24.3 Å². The molecule has 3 heteroatoms. The molecule has 0 spiro atoms. The van der Waals surface area contributed by atoms with Gasteiger partial charge in [-0.3, -0.25) is 0 Å². The maximum Gasteiger partial charge on any atom is 0.119 e. The lowest BCUT2D eigenvalue weighted by molar-refractivity contribution is 0.210. The molecule has 1 heterocycles. The number of piperidine rings is 1. The van der Waals surface area contributed by atoms with Crippen LogP contribution in [0, 0.1) is 0 Å². The Balaban J connectivity index is 2.00. The highest BCUT2D eigenvalue weighted by molar-refractivity contribution is 5.30. The lowest BCUT2D eigenvalue weighted by Crippen LogP contribution is -2.39. The van der Waals surface area contributed by atoms with Crippen LogP contribution in [0.2, 0.25) is 0 Å². The van der Waals surface area contributed by atoms with E-state index in [2.05, 4.69) is 17.4 Å². The van der Waals surface area contributed by atoms with Crippen LogP contribution >= 0.6 is 0 Å². The Morgan fingerprint density at radius 3 is 2.67 bits per heavy atom. The zero-order valence-electron chi connectivity index (χ0n) is 11.2. The van der Waals surface area contributed by atoms with E-state index >= 15 is 0 Å². The highest BCUT2D eigenvalue weighted by atomic mass is 16.5. The summed E-state index contributed by atoms with van der Waals surface area (Å²) in [5.74, 6) is 1.48. The minimum Gasteiger partial charge on any atom is -0.491 e. The maximum atomic E-state index is 9.22. The van der Waals surface area contributed by atoms with Gasteiger partial charge < -0.3 is 15.2 Å². The quantitative estimate of drug-likeness (QED) is 0.860. The first-order valence-corrected chi connectivity index (χ1v) is 6.80. The van der Waals surface area contributed by atoms with Crippen molar-refractivity contribution in [2.24, 2.45) is 0 Å². The Labute approximate surface area is 109 Å². The number of rotatable bonds is 4.